The summed E-state index contributed by atoms with van der Waals surface area (Å²) in [5.74, 6) is 1.81. The minimum Gasteiger partial charge on any atom is -0.357 e. The number of pyridine rings is 1. The first-order valence-corrected chi connectivity index (χ1v) is 9.85. The highest BCUT2D eigenvalue weighted by Crippen LogP contribution is 2.21. The number of carbonyl (C=O) groups is 1. The second kappa shape index (κ2) is 8.17. The lowest BCUT2D eigenvalue weighted by Gasteiger charge is -2.31. The zero-order chi connectivity index (χ0) is 17.8. The summed E-state index contributed by atoms with van der Waals surface area (Å²) in [6.07, 6.45) is 4.33. The number of aromatic nitrogens is 1. The number of benzene rings is 1. The maximum atomic E-state index is 12.4. The molecule has 4 nitrogen and oxygen atoms in total. The smallest absolute Gasteiger partial charge is 0.252 e. The molecule has 0 saturated carbocycles. The van der Waals surface area contributed by atoms with Crippen molar-refractivity contribution in [1.29, 1.82) is 0 Å². The zero-order valence-electron chi connectivity index (χ0n) is 14.8. The van der Waals surface area contributed by atoms with Crippen molar-refractivity contribution >= 4 is 34.3 Å². The van der Waals surface area contributed by atoms with Crippen LogP contribution in [0.3, 0.4) is 0 Å². The van der Waals surface area contributed by atoms with E-state index < -0.39 is 0 Å². The summed E-state index contributed by atoms with van der Waals surface area (Å²) in [5, 5.41) is 2.99. The van der Waals surface area contributed by atoms with Gasteiger partial charge in [-0.3, -0.25) is 4.79 Å². The third-order valence-electron chi connectivity index (χ3n) is 4.81. The van der Waals surface area contributed by atoms with Crippen LogP contribution in [0, 0.1) is 16.4 Å². The third kappa shape index (κ3) is 4.51. The molecule has 0 atom stereocenters. The normalized spacial score (nSPS) is 15.2. The van der Waals surface area contributed by atoms with Crippen molar-refractivity contribution in [2.75, 3.05) is 18.0 Å². The standard InChI is InChI=1S/C20H24IN3O/c1-14-8-10-24(11-9-14)18-7-6-16(12-22-18)13-23-20(25)17-5-3-4-15(2)19(17)21/h3-7,12,14H,8-11,13H2,1-2H3,(H,23,25). The van der Waals surface area contributed by atoms with Crippen LogP contribution in [-0.2, 0) is 6.54 Å². The van der Waals surface area contributed by atoms with Crippen molar-refractivity contribution in [2.45, 2.75) is 33.2 Å². The number of rotatable bonds is 4. The summed E-state index contributed by atoms with van der Waals surface area (Å²) in [5.41, 5.74) is 2.87. The van der Waals surface area contributed by atoms with Gasteiger partial charge < -0.3 is 10.2 Å². The van der Waals surface area contributed by atoms with Crippen molar-refractivity contribution in [2.24, 2.45) is 5.92 Å². The largest absolute Gasteiger partial charge is 0.357 e. The second-order valence-corrected chi connectivity index (χ2v) is 7.89. The van der Waals surface area contributed by atoms with E-state index in [0.717, 1.165) is 45.1 Å². The van der Waals surface area contributed by atoms with Gasteiger partial charge in [0.25, 0.3) is 5.91 Å². The van der Waals surface area contributed by atoms with Crippen molar-refractivity contribution in [1.82, 2.24) is 10.3 Å². The highest BCUT2D eigenvalue weighted by Gasteiger charge is 2.17. The monoisotopic (exact) mass is 449 g/mol. The molecular weight excluding hydrogens is 425 g/mol. The first kappa shape index (κ1) is 18.2. The van der Waals surface area contributed by atoms with Gasteiger partial charge in [-0.2, -0.15) is 0 Å². The molecule has 132 valence electrons. The molecule has 0 bridgehead atoms. The van der Waals surface area contributed by atoms with Crippen LogP contribution in [0.15, 0.2) is 36.5 Å². The fourth-order valence-corrected chi connectivity index (χ4v) is 3.65. The molecule has 1 saturated heterocycles. The van der Waals surface area contributed by atoms with E-state index in [1.807, 2.05) is 31.3 Å². The Bertz CT molecular complexity index is 737. The van der Waals surface area contributed by atoms with Gasteiger partial charge in [0, 0.05) is 29.4 Å². The number of aryl methyl sites for hydroxylation is 1. The Morgan fingerprint density at radius 2 is 2.04 bits per heavy atom. The molecule has 2 aromatic rings. The summed E-state index contributed by atoms with van der Waals surface area (Å²) in [4.78, 5) is 19.3. The predicted molar refractivity (Wildman–Crippen MR) is 110 cm³/mol. The Labute approximate surface area is 163 Å². The number of hydrogen-bond donors (Lipinski definition) is 1. The summed E-state index contributed by atoms with van der Waals surface area (Å²) < 4.78 is 1.00. The van der Waals surface area contributed by atoms with Crippen molar-refractivity contribution in [3.05, 3.63) is 56.8 Å². The minimum atomic E-state index is -0.0396. The van der Waals surface area contributed by atoms with Crippen molar-refractivity contribution in [3.63, 3.8) is 0 Å². The van der Waals surface area contributed by atoms with Crippen LogP contribution in [0.5, 0.6) is 0 Å². The fraction of sp³-hybridized carbons (Fsp3) is 0.400. The van der Waals surface area contributed by atoms with Crippen LogP contribution < -0.4 is 10.2 Å². The molecule has 1 aliphatic rings. The lowest BCUT2D eigenvalue weighted by atomic mass is 9.99. The molecule has 1 aromatic heterocycles. The zero-order valence-corrected chi connectivity index (χ0v) is 16.9. The quantitative estimate of drug-likeness (QED) is 0.714. The van der Waals surface area contributed by atoms with E-state index in [1.165, 1.54) is 12.8 Å². The van der Waals surface area contributed by atoms with Gasteiger partial charge >= 0.3 is 0 Å². The van der Waals surface area contributed by atoms with Crippen molar-refractivity contribution < 1.29 is 4.79 Å². The number of nitrogens with one attached hydrogen (secondary N) is 1. The topological polar surface area (TPSA) is 45.2 Å². The Balaban J connectivity index is 1.58. The van der Waals surface area contributed by atoms with Crippen LogP contribution in [-0.4, -0.2) is 24.0 Å². The van der Waals surface area contributed by atoms with Gasteiger partial charge in [-0.1, -0.05) is 25.1 Å². The van der Waals surface area contributed by atoms with E-state index in [2.05, 4.69) is 56.8 Å². The van der Waals surface area contributed by atoms with Gasteiger partial charge in [0.15, 0.2) is 0 Å². The minimum absolute atomic E-state index is 0.0396. The molecule has 0 radical (unpaired) electrons. The van der Waals surface area contributed by atoms with Crippen molar-refractivity contribution in [3.8, 4) is 0 Å². The van der Waals surface area contributed by atoms with E-state index >= 15 is 0 Å². The van der Waals surface area contributed by atoms with Gasteiger partial charge in [-0.25, -0.2) is 4.98 Å². The molecule has 25 heavy (non-hydrogen) atoms. The SMILES string of the molecule is Cc1cccc(C(=O)NCc2ccc(N3CCC(C)CC3)nc2)c1I. The summed E-state index contributed by atoms with van der Waals surface area (Å²) >= 11 is 2.23. The van der Waals surface area contributed by atoms with Gasteiger partial charge in [0.2, 0.25) is 0 Å². The molecule has 1 amide bonds. The summed E-state index contributed by atoms with van der Waals surface area (Å²) in [6.45, 7) is 6.98. The van der Waals surface area contributed by atoms with Crippen LogP contribution >= 0.6 is 22.6 Å². The first-order chi connectivity index (χ1) is 12.0. The molecule has 0 aliphatic carbocycles. The highest BCUT2D eigenvalue weighted by molar-refractivity contribution is 14.1. The number of halogens is 1. The van der Waals surface area contributed by atoms with E-state index in [1.54, 1.807) is 0 Å². The Morgan fingerprint density at radius 1 is 1.28 bits per heavy atom. The summed E-state index contributed by atoms with van der Waals surface area (Å²) in [7, 11) is 0. The maximum absolute atomic E-state index is 12.4. The molecular formula is C20H24IN3O. The van der Waals surface area contributed by atoms with Gasteiger partial charge in [0.05, 0.1) is 5.56 Å². The van der Waals surface area contributed by atoms with Crippen LogP contribution in [0.4, 0.5) is 5.82 Å². The number of hydrogen-bond acceptors (Lipinski definition) is 3. The molecule has 0 spiro atoms. The lowest BCUT2D eigenvalue weighted by molar-refractivity contribution is 0.0950. The van der Waals surface area contributed by atoms with Crippen LogP contribution in [0.1, 0.15) is 41.3 Å². The fourth-order valence-electron chi connectivity index (χ4n) is 3.05. The van der Waals surface area contributed by atoms with Crippen LogP contribution in [0.2, 0.25) is 0 Å². The molecule has 1 N–H and O–H groups in total. The molecule has 3 rings (SSSR count). The Hall–Kier alpha value is -1.63. The van der Waals surface area contributed by atoms with E-state index in [4.69, 9.17) is 0 Å². The van der Waals surface area contributed by atoms with Crippen LogP contribution in [0.25, 0.3) is 0 Å². The predicted octanol–water partition coefficient (Wildman–Crippen LogP) is 4.16. The highest BCUT2D eigenvalue weighted by atomic mass is 127. The molecule has 1 aliphatic heterocycles. The maximum Gasteiger partial charge on any atom is 0.252 e. The summed E-state index contributed by atoms with van der Waals surface area (Å²) in [6, 6.07) is 9.92. The molecule has 5 heteroatoms. The molecule has 2 heterocycles. The van der Waals surface area contributed by atoms with Gasteiger partial charge in [-0.15, -0.1) is 0 Å². The number of piperidine rings is 1. The number of carbonyl (C=O) groups excluding carboxylic acids is 1. The van der Waals surface area contributed by atoms with Gasteiger partial charge in [-0.05, 0) is 71.5 Å². The van der Waals surface area contributed by atoms with E-state index in [9.17, 15) is 4.79 Å². The number of amides is 1. The third-order valence-corrected chi connectivity index (χ3v) is 6.24. The number of anilines is 1. The number of nitrogens with zero attached hydrogens (tertiary/aromatic N) is 2. The van der Waals surface area contributed by atoms with Gasteiger partial charge in [0.1, 0.15) is 5.82 Å². The Kier molecular flexibility index (Phi) is 5.93. The molecule has 1 fully saturated rings. The Morgan fingerprint density at radius 3 is 2.72 bits per heavy atom. The molecule has 0 unspecified atom stereocenters. The van der Waals surface area contributed by atoms with E-state index in [0.29, 0.717) is 6.54 Å². The first-order valence-electron chi connectivity index (χ1n) is 8.78. The lowest BCUT2D eigenvalue weighted by Crippen LogP contribution is -2.33. The van der Waals surface area contributed by atoms with E-state index in [-0.39, 0.29) is 5.91 Å². The molecule has 1 aromatic carbocycles. The average Bonchev–Trinajstić information content (AvgIpc) is 2.63. The average molecular weight is 449 g/mol. The second-order valence-electron chi connectivity index (χ2n) is 6.81.